The number of nitrogens with one attached hydrogen (secondary N) is 2. The van der Waals surface area contributed by atoms with E-state index in [0.29, 0.717) is 11.4 Å². The lowest BCUT2D eigenvalue weighted by Crippen LogP contribution is -2.36. The van der Waals surface area contributed by atoms with E-state index in [2.05, 4.69) is 15.3 Å². The molecule has 1 heterocycles. The van der Waals surface area contributed by atoms with Gasteiger partial charge in [-0.3, -0.25) is 5.32 Å². The minimum absolute atomic E-state index is 0.0541. The van der Waals surface area contributed by atoms with E-state index in [1.165, 1.54) is 19.1 Å². The van der Waals surface area contributed by atoms with Gasteiger partial charge in [-0.25, -0.2) is 32.7 Å². The van der Waals surface area contributed by atoms with E-state index < -0.39 is 32.5 Å². The molecule has 0 spiro atoms. The summed E-state index contributed by atoms with van der Waals surface area (Å²) in [4.78, 5) is 31.0. The monoisotopic (exact) mass is 378 g/mol. The predicted molar refractivity (Wildman–Crippen MR) is 93.7 cm³/mol. The third-order valence-electron chi connectivity index (χ3n) is 3.80. The number of nitrogens with zero attached hydrogens (tertiary/aromatic N) is 2. The quantitative estimate of drug-likeness (QED) is 0.738. The third kappa shape index (κ3) is 3.97. The number of hydrogen-bond acceptors (Lipinski definition) is 6. The Morgan fingerprint density at radius 3 is 2.15 bits per heavy atom. The van der Waals surface area contributed by atoms with Crippen molar-refractivity contribution in [3.63, 3.8) is 0 Å². The number of benzene rings is 1. The van der Waals surface area contributed by atoms with E-state index in [-0.39, 0.29) is 11.5 Å². The van der Waals surface area contributed by atoms with E-state index in [1.54, 1.807) is 18.6 Å². The molecule has 26 heavy (non-hydrogen) atoms. The standard InChI is InChI=1S/C16H18N4O5S/c1-8-6-5-7-12(14(21)22)13(8)26(24,25)20-16(23)19-15-17-10(3)9(2)11(4)18-15/h5-7H,1-4H3,(H,21,22)(H2,17,18,19,20,23). The van der Waals surface area contributed by atoms with Crippen molar-refractivity contribution in [3.8, 4) is 0 Å². The Morgan fingerprint density at radius 2 is 1.62 bits per heavy atom. The van der Waals surface area contributed by atoms with Crippen LogP contribution in [0, 0.1) is 27.7 Å². The van der Waals surface area contributed by atoms with Gasteiger partial charge in [0.05, 0.1) is 5.56 Å². The molecule has 1 aromatic carbocycles. The first-order valence-electron chi connectivity index (χ1n) is 7.51. The van der Waals surface area contributed by atoms with E-state index >= 15 is 0 Å². The first-order chi connectivity index (χ1) is 12.0. The minimum Gasteiger partial charge on any atom is -0.478 e. The zero-order chi connectivity index (χ0) is 19.6. The van der Waals surface area contributed by atoms with Gasteiger partial charge in [0.2, 0.25) is 5.95 Å². The van der Waals surface area contributed by atoms with Crippen LogP contribution in [0.1, 0.15) is 32.9 Å². The van der Waals surface area contributed by atoms with Crippen LogP contribution in [0.15, 0.2) is 23.1 Å². The molecule has 0 bridgehead atoms. The largest absolute Gasteiger partial charge is 0.478 e. The number of urea groups is 1. The van der Waals surface area contributed by atoms with Crippen molar-refractivity contribution in [2.24, 2.45) is 0 Å². The minimum atomic E-state index is -4.41. The Hall–Kier alpha value is -3.01. The lowest BCUT2D eigenvalue weighted by Gasteiger charge is -2.13. The smallest absolute Gasteiger partial charge is 0.337 e. The predicted octanol–water partition coefficient (Wildman–Crippen LogP) is 1.92. The van der Waals surface area contributed by atoms with Crippen LogP contribution in [0.25, 0.3) is 0 Å². The third-order valence-corrected chi connectivity index (χ3v) is 5.33. The number of aromatic carboxylic acids is 1. The normalized spacial score (nSPS) is 11.1. The molecule has 138 valence electrons. The number of carbonyl (C=O) groups is 2. The second kappa shape index (κ2) is 7.08. The van der Waals surface area contributed by atoms with Crippen LogP contribution >= 0.6 is 0 Å². The molecule has 0 unspecified atom stereocenters. The Kier molecular flexibility index (Phi) is 5.26. The zero-order valence-corrected chi connectivity index (χ0v) is 15.4. The summed E-state index contributed by atoms with van der Waals surface area (Å²) in [5, 5.41) is 11.4. The van der Waals surface area contributed by atoms with E-state index in [1.807, 2.05) is 6.92 Å². The van der Waals surface area contributed by atoms with Crippen LogP contribution in [-0.4, -0.2) is 35.5 Å². The first kappa shape index (κ1) is 19.3. The Bertz CT molecular complexity index is 979. The number of aryl methyl sites for hydroxylation is 3. The van der Waals surface area contributed by atoms with Gasteiger partial charge in [-0.1, -0.05) is 12.1 Å². The molecule has 9 nitrogen and oxygen atoms in total. The molecule has 2 aromatic rings. The van der Waals surface area contributed by atoms with Crippen molar-refractivity contribution in [2.75, 3.05) is 5.32 Å². The average molecular weight is 378 g/mol. The van der Waals surface area contributed by atoms with Crippen molar-refractivity contribution in [3.05, 3.63) is 46.3 Å². The van der Waals surface area contributed by atoms with Gasteiger partial charge in [0.15, 0.2) is 0 Å². The van der Waals surface area contributed by atoms with Gasteiger partial charge < -0.3 is 5.11 Å². The number of amides is 2. The van der Waals surface area contributed by atoms with Crippen LogP contribution < -0.4 is 10.0 Å². The summed E-state index contributed by atoms with van der Waals surface area (Å²) in [7, 11) is -4.41. The fourth-order valence-electron chi connectivity index (χ4n) is 2.31. The van der Waals surface area contributed by atoms with Gasteiger partial charge in [-0.2, -0.15) is 0 Å². The molecule has 0 saturated heterocycles. The molecule has 2 rings (SSSR count). The second-order valence-electron chi connectivity index (χ2n) is 5.66. The van der Waals surface area contributed by atoms with Crippen molar-refractivity contribution in [1.29, 1.82) is 0 Å². The van der Waals surface area contributed by atoms with E-state index in [9.17, 15) is 23.1 Å². The highest BCUT2D eigenvalue weighted by Crippen LogP contribution is 2.20. The van der Waals surface area contributed by atoms with Gasteiger partial charge in [-0.15, -0.1) is 0 Å². The maximum absolute atomic E-state index is 12.5. The van der Waals surface area contributed by atoms with Crippen LogP contribution in [-0.2, 0) is 10.0 Å². The molecule has 0 aliphatic rings. The second-order valence-corrected chi connectivity index (χ2v) is 7.28. The zero-order valence-electron chi connectivity index (χ0n) is 14.6. The van der Waals surface area contributed by atoms with E-state index in [0.717, 1.165) is 11.6 Å². The molecular formula is C16H18N4O5S. The summed E-state index contributed by atoms with van der Waals surface area (Å²) < 4.78 is 26.8. The summed E-state index contributed by atoms with van der Waals surface area (Å²) in [6, 6.07) is 2.92. The van der Waals surface area contributed by atoms with Crippen molar-refractivity contribution < 1.29 is 23.1 Å². The molecule has 0 saturated carbocycles. The number of hydrogen-bond donors (Lipinski definition) is 3. The van der Waals surface area contributed by atoms with Gasteiger partial charge >= 0.3 is 12.0 Å². The van der Waals surface area contributed by atoms with Crippen LogP contribution in [0.5, 0.6) is 0 Å². The molecule has 3 N–H and O–H groups in total. The highest BCUT2D eigenvalue weighted by molar-refractivity contribution is 7.90. The molecule has 0 radical (unpaired) electrons. The summed E-state index contributed by atoms with van der Waals surface area (Å²) in [6.45, 7) is 6.73. The molecule has 10 heteroatoms. The Balaban J connectivity index is 2.31. The number of carboxylic acids is 1. The van der Waals surface area contributed by atoms with Gasteiger partial charge in [0.25, 0.3) is 10.0 Å². The topological polar surface area (TPSA) is 138 Å². The van der Waals surface area contributed by atoms with Gasteiger partial charge in [0, 0.05) is 11.4 Å². The van der Waals surface area contributed by atoms with Gasteiger partial charge in [-0.05, 0) is 44.9 Å². The summed E-state index contributed by atoms with van der Waals surface area (Å²) >= 11 is 0. The molecule has 2 amide bonds. The molecule has 0 fully saturated rings. The lowest BCUT2D eigenvalue weighted by atomic mass is 10.1. The summed E-state index contributed by atoms with van der Waals surface area (Å²) in [6.07, 6.45) is 0. The number of aromatic nitrogens is 2. The number of anilines is 1. The molecule has 0 atom stereocenters. The van der Waals surface area contributed by atoms with Crippen molar-refractivity contribution >= 4 is 28.0 Å². The molecular weight excluding hydrogens is 360 g/mol. The maximum atomic E-state index is 12.5. The average Bonchev–Trinajstić information content (AvgIpc) is 2.51. The van der Waals surface area contributed by atoms with Crippen molar-refractivity contribution in [2.45, 2.75) is 32.6 Å². The fraction of sp³-hybridized carbons (Fsp3) is 0.250. The number of carbonyl (C=O) groups excluding carboxylic acids is 1. The highest BCUT2D eigenvalue weighted by Gasteiger charge is 2.26. The van der Waals surface area contributed by atoms with Crippen LogP contribution in [0.3, 0.4) is 0 Å². The maximum Gasteiger partial charge on any atom is 0.337 e. The van der Waals surface area contributed by atoms with Crippen LogP contribution in [0.4, 0.5) is 10.7 Å². The molecule has 0 aliphatic carbocycles. The number of sulfonamides is 1. The molecule has 0 aliphatic heterocycles. The lowest BCUT2D eigenvalue weighted by molar-refractivity contribution is 0.0692. The summed E-state index contributed by atoms with van der Waals surface area (Å²) in [5.74, 6) is -1.47. The van der Waals surface area contributed by atoms with Crippen LogP contribution in [0.2, 0.25) is 0 Å². The van der Waals surface area contributed by atoms with Crippen molar-refractivity contribution in [1.82, 2.24) is 14.7 Å². The number of rotatable bonds is 4. The van der Waals surface area contributed by atoms with E-state index in [4.69, 9.17) is 0 Å². The Labute approximate surface area is 150 Å². The molecule has 1 aromatic heterocycles. The SMILES string of the molecule is Cc1cccc(C(=O)O)c1S(=O)(=O)NC(=O)Nc1nc(C)c(C)c(C)n1. The highest BCUT2D eigenvalue weighted by atomic mass is 32.2. The van der Waals surface area contributed by atoms with Gasteiger partial charge in [0.1, 0.15) is 4.90 Å². The first-order valence-corrected chi connectivity index (χ1v) is 9.00. The Morgan fingerprint density at radius 1 is 1.04 bits per heavy atom. The fourth-order valence-corrected chi connectivity index (χ4v) is 3.64. The summed E-state index contributed by atoms with van der Waals surface area (Å²) in [5.41, 5.74) is 1.91. The number of carboxylic acid groups (broad SMARTS) is 1.